The zero-order chi connectivity index (χ0) is 19.3. The number of halogens is 1. The first-order valence-electron chi connectivity index (χ1n) is 7.68. The molecule has 0 saturated carbocycles. The van der Waals surface area contributed by atoms with Crippen molar-refractivity contribution < 1.29 is 18.8 Å². The molecule has 0 bridgehead atoms. The lowest BCUT2D eigenvalue weighted by molar-refractivity contribution is -0.387. The number of esters is 1. The SMILES string of the molecule is CC(C)(C#Cc1cc([N+](=O)[O-])c(F)cc1N)C(=O)OCc1ccccc1. The molecular formula is C19H17FN2O4. The Balaban J connectivity index is 2.18. The number of anilines is 1. The van der Waals surface area contributed by atoms with Crippen LogP contribution in [-0.4, -0.2) is 10.9 Å². The highest BCUT2D eigenvalue weighted by Gasteiger charge is 2.27. The lowest BCUT2D eigenvalue weighted by atomic mass is 9.94. The molecule has 0 aliphatic rings. The van der Waals surface area contributed by atoms with Gasteiger partial charge in [-0.3, -0.25) is 14.9 Å². The molecule has 2 N–H and O–H groups in total. The van der Waals surface area contributed by atoms with E-state index in [0.29, 0.717) is 0 Å². The van der Waals surface area contributed by atoms with Crippen LogP contribution in [0.5, 0.6) is 0 Å². The Bertz CT molecular complexity index is 899. The van der Waals surface area contributed by atoms with Gasteiger partial charge < -0.3 is 10.5 Å². The number of carbonyl (C=O) groups is 1. The largest absolute Gasteiger partial charge is 0.460 e. The number of nitrogens with zero attached hydrogens (tertiary/aromatic N) is 1. The number of nitro benzene ring substituents is 1. The highest BCUT2D eigenvalue weighted by Crippen LogP contribution is 2.24. The molecule has 26 heavy (non-hydrogen) atoms. The van der Waals surface area contributed by atoms with Crippen molar-refractivity contribution in [2.45, 2.75) is 20.5 Å². The highest BCUT2D eigenvalue weighted by atomic mass is 19.1. The molecule has 7 heteroatoms. The van der Waals surface area contributed by atoms with E-state index in [4.69, 9.17) is 10.5 Å². The zero-order valence-electron chi connectivity index (χ0n) is 14.3. The Labute approximate surface area is 149 Å². The third kappa shape index (κ3) is 4.57. The topological polar surface area (TPSA) is 95.5 Å². The van der Waals surface area contributed by atoms with Gasteiger partial charge >= 0.3 is 11.7 Å². The van der Waals surface area contributed by atoms with Crippen molar-refractivity contribution in [3.63, 3.8) is 0 Å². The normalized spacial score (nSPS) is 10.6. The van der Waals surface area contributed by atoms with Crippen LogP contribution in [0.3, 0.4) is 0 Å². The number of nitrogens with two attached hydrogens (primary N) is 1. The molecule has 0 fully saturated rings. The van der Waals surface area contributed by atoms with Crippen molar-refractivity contribution in [3.05, 3.63) is 69.5 Å². The molecule has 134 valence electrons. The van der Waals surface area contributed by atoms with Gasteiger partial charge in [-0.05, 0) is 19.4 Å². The van der Waals surface area contributed by atoms with Gasteiger partial charge in [0, 0.05) is 12.1 Å². The van der Waals surface area contributed by atoms with Gasteiger partial charge in [-0.1, -0.05) is 42.2 Å². The Hall–Kier alpha value is -3.40. The van der Waals surface area contributed by atoms with Crippen LogP contribution in [0.2, 0.25) is 0 Å². The maximum Gasteiger partial charge on any atom is 0.324 e. The highest BCUT2D eigenvalue weighted by molar-refractivity contribution is 5.80. The van der Waals surface area contributed by atoms with Crippen LogP contribution in [0, 0.1) is 33.2 Å². The predicted octanol–water partition coefficient (Wildman–Crippen LogP) is 3.44. The van der Waals surface area contributed by atoms with Gasteiger partial charge in [0.05, 0.1) is 16.2 Å². The Kier molecular flexibility index (Phi) is 5.58. The summed E-state index contributed by atoms with van der Waals surface area (Å²) >= 11 is 0. The number of nitro groups is 1. The van der Waals surface area contributed by atoms with E-state index in [1.165, 1.54) is 0 Å². The van der Waals surface area contributed by atoms with Gasteiger partial charge in [0.2, 0.25) is 5.82 Å². The minimum absolute atomic E-state index is 0.0472. The summed E-state index contributed by atoms with van der Waals surface area (Å²) in [6.45, 7) is 3.22. The van der Waals surface area contributed by atoms with Gasteiger partial charge in [0.15, 0.2) is 0 Å². The van der Waals surface area contributed by atoms with Gasteiger partial charge in [-0.15, -0.1) is 0 Å². The average Bonchev–Trinajstić information content (AvgIpc) is 2.59. The third-order valence-corrected chi connectivity index (χ3v) is 3.55. The molecular weight excluding hydrogens is 339 g/mol. The van der Waals surface area contributed by atoms with Crippen molar-refractivity contribution in [3.8, 4) is 11.8 Å². The molecule has 0 atom stereocenters. The van der Waals surface area contributed by atoms with E-state index in [9.17, 15) is 19.3 Å². The summed E-state index contributed by atoms with van der Waals surface area (Å²) in [5.74, 6) is 3.70. The average molecular weight is 356 g/mol. The number of rotatable bonds is 4. The van der Waals surface area contributed by atoms with Crippen molar-refractivity contribution in [1.29, 1.82) is 0 Å². The number of hydrogen-bond donors (Lipinski definition) is 1. The maximum atomic E-state index is 13.5. The molecule has 0 radical (unpaired) electrons. The second-order valence-electron chi connectivity index (χ2n) is 6.08. The first kappa shape index (κ1) is 18.9. The standard InChI is InChI=1S/C19H17FN2O4/c1-19(2,18(23)26-12-13-6-4-3-5-7-13)9-8-14-10-17(22(24)25)15(20)11-16(14)21/h3-7,10-11H,12,21H2,1-2H3. The van der Waals surface area contributed by atoms with E-state index in [1.807, 2.05) is 30.3 Å². The predicted molar refractivity (Wildman–Crippen MR) is 94.4 cm³/mol. The minimum Gasteiger partial charge on any atom is -0.460 e. The maximum absolute atomic E-state index is 13.5. The summed E-state index contributed by atoms with van der Waals surface area (Å²) in [7, 11) is 0. The summed E-state index contributed by atoms with van der Waals surface area (Å²) in [4.78, 5) is 22.2. The van der Waals surface area contributed by atoms with Crippen LogP contribution >= 0.6 is 0 Å². The molecule has 6 nitrogen and oxygen atoms in total. The van der Waals surface area contributed by atoms with Crippen molar-refractivity contribution >= 4 is 17.3 Å². The van der Waals surface area contributed by atoms with Crippen LogP contribution in [0.25, 0.3) is 0 Å². The Morgan fingerprint density at radius 3 is 2.58 bits per heavy atom. The minimum atomic E-state index is -1.18. The molecule has 0 amide bonds. The summed E-state index contributed by atoms with van der Waals surface area (Å²) in [5, 5.41) is 10.8. The monoisotopic (exact) mass is 356 g/mol. The third-order valence-electron chi connectivity index (χ3n) is 3.55. The van der Waals surface area contributed by atoms with E-state index in [0.717, 1.165) is 17.7 Å². The summed E-state index contributed by atoms with van der Waals surface area (Å²) in [5.41, 5.74) is 4.60. The fourth-order valence-electron chi connectivity index (χ4n) is 2.00. The first-order valence-corrected chi connectivity index (χ1v) is 7.68. The van der Waals surface area contributed by atoms with Crippen molar-refractivity contribution in [2.75, 3.05) is 5.73 Å². The van der Waals surface area contributed by atoms with E-state index in [-0.39, 0.29) is 17.9 Å². The number of ether oxygens (including phenoxy) is 1. The second-order valence-corrected chi connectivity index (χ2v) is 6.08. The number of benzene rings is 2. The molecule has 0 unspecified atom stereocenters. The van der Waals surface area contributed by atoms with Crippen LogP contribution in [-0.2, 0) is 16.1 Å². The zero-order valence-corrected chi connectivity index (χ0v) is 14.3. The molecule has 2 rings (SSSR count). The molecule has 0 aliphatic carbocycles. The lowest BCUT2D eigenvalue weighted by Gasteiger charge is -2.16. The van der Waals surface area contributed by atoms with E-state index >= 15 is 0 Å². The quantitative estimate of drug-likeness (QED) is 0.298. The van der Waals surface area contributed by atoms with Crippen LogP contribution < -0.4 is 5.73 Å². The van der Waals surface area contributed by atoms with Crippen LogP contribution in [0.1, 0.15) is 25.0 Å². The smallest absolute Gasteiger partial charge is 0.324 e. The Morgan fingerprint density at radius 1 is 1.31 bits per heavy atom. The molecule has 0 aromatic heterocycles. The molecule has 2 aromatic rings. The molecule has 0 saturated heterocycles. The van der Waals surface area contributed by atoms with E-state index < -0.39 is 27.8 Å². The Morgan fingerprint density at radius 2 is 1.96 bits per heavy atom. The van der Waals surface area contributed by atoms with E-state index in [1.54, 1.807) is 13.8 Å². The van der Waals surface area contributed by atoms with Crippen LogP contribution in [0.4, 0.5) is 15.8 Å². The second kappa shape index (κ2) is 7.66. The first-order chi connectivity index (χ1) is 12.2. The number of hydrogen-bond acceptors (Lipinski definition) is 5. The van der Waals surface area contributed by atoms with Crippen LogP contribution in [0.15, 0.2) is 42.5 Å². The molecule has 0 spiro atoms. The summed E-state index contributed by atoms with van der Waals surface area (Å²) in [6.07, 6.45) is 0. The van der Waals surface area contributed by atoms with Gasteiger partial charge in [-0.2, -0.15) is 4.39 Å². The summed E-state index contributed by atoms with van der Waals surface area (Å²) in [6, 6.07) is 10.9. The van der Waals surface area contributed by atoms with Gasteiger partial charge in [0.25, 0.3) is 0 Å². The van der Waals surface area contributed by atoms with Crippen molar-refractivity contribution in [1.82, 2.24) is 0 Å². The lowest BCUT2D eigenvalue weighted by Crippen LogP contribution is -2.24. The van der Waals surface area contributed by atoms with E-state index in [2.05, 4.69) is 11.8 Å². The van der Waals surface area contributed by atoms with Gasteiger partial charge in [-0.25, -0.2) is 0 Å². The molecule has 0 heterocycles. The fourth-order valence-corrected chi connectivity index (χ4v) is 2.00. The number of nitrogen functional groups attached to an aromatic ring is 1. The fraction of sp³-hybridized carbons (Fsp3) is 0.211. The summed E-state index contributed by atoms with van der Waals surface area (Å²) < 4.78 is 18.8. The number of carbonyl (C=O) groups excluding carboxylic acids is 1. The van der Waals surface area contributed by atoms with Gasteiger partial charge in [0.1, 0.15) is 12.0 Å². The molecule has 0 aliphatic heterocycles. The molecule has 2 aromatic carbocycles. The van der Waals surface area contributed by atoms with Crippen molar-refractivity contribution in [2.24, 2.45) is 5.41 Å².